The third-order valence-corrected chi connectivity index (χ3v) is 9.22. The van der Waals surface area contributed by atoms with Crippen molar-refractivity contribution in [2.75, 3.05) is 57.2 Å². The van der Waals surface area contributed by atoms with Crippen LogP contribution in [0.5, 0.6) is 11.5 Å². The molecule has 226 valence electrons. The van der Waals surface area contributed by atoms with E-state index in [0.717, 1.165) is 54.2 Å². The van der Waals surface area contributed by atoms with Gasteiger partial charge in [0.2, 0.25) is 5.91 Å². The number of rotatable bonds is 9. The standard InChI is InChI=1S/C33H40N6O4/c1-42-27-10-6-23(7-11-27)8-13-30(40)38-16-14-33(15-17-38)22-39(29-12-9-24(19-34-29)25-20-35-36-21-25)32(41)31(33)37-26-4-3-5-28(18-26)43-2/h3-7,9-12,18-19,25,31,35-37H,8,13-17,20-22H2,1-2H3. The predicted molar refractivity (Wildman–Crippen MR) is 165 cm³/mol. The molecule has 3 fully saturated rings. The van der Waals surface area contributed by atoms with E-state index >= 15 is 0 Å². The van der Waals surface area contributed by atoms with E-state index in [1.165, 1.54) is 0 Å². The molecule has 3 aliphatic heterocycles. The zero-order valence-electron chi connectivity index (χ0n) is 24.8. The molecule has 0 aliphatic carbocycles. The number of benzene rings is 2. The van der Waals surface area contributed by atoms with Crippen LogP contribution in [0.3, 0.4) is 0 Å². The number of nitrogens with zero attached hydrogens (tertiary/aromatic N) is 3. The average Bonchev–Trinajstić information content (AvgIpc) is 3.68. The highest BCUT2D eigenvalue weighted by Gasteiger charge is 2.54. The van der Waals surface area contributed by atoms with Crippen LogP contribution in [0.15, 0.2) is 66.9 Å². The SMILES string of the molecule is COc1ccc(CCC(=O)N2CCC3(CC2)CN(c2ccc(C4CNNC4)cn2)C(=O)C3Nc2cccc(OC)c2)cc1. The van der Waals surface area contributed by atoms with Gasteiger partial charge in [0.05, 0.1) is 14.2 Å². The normalized spacial score (nSPS) is 20.0. The second-order valence-electron chi connectivity index (χ2n) is 11.7. The molecule has 3 saturated heterocycles. The van der Waals surface area contributed by atoms with Crippen molar-refractivity contribution in [1.29, 1.82) is 0 Å². The number of carbonyl (C=O) groups is 2. The summed E-state index contributed by atoms with van der Waals surface area (Å²) >= 11 is 0. The van der Waals surface area contributed by atoms with Gasteiger partial charge in [0.15, 0.2) is 0 Å². The van der Waals surface area contributed by atoms with Gasteiger partial charge in [-0.15, -0.1) is 0 Å². The molecule has 1 unspecified atom stereocenters. The summed E-state index contributed by atoms with van der Waals surface area (Å²) in [5.74, 6) is 2.72. The molecule has 2 aromatic carbocycles. The third kappa shape index (κ3) is 6.16. The van der Waals surface area contributed by atoms with E-state index in [9.17, 15) is 9.59 Å². The van der Waals surface area contributed by atoms with Crippen LogP contribution in [0.25, 0.3) is 0 Å². The molecule has 1 spiro atoms. The summed E-state index contributed by atoms with van der Waals surface area (Å²) in [5, 5.41) is 3.55. The lowest BCUT2D eigenvalue weighted by Gasteiger charge is -2.42. The largest absolute Gasteiger partial charge is 0.497 e. The van der Waals surface area contributed by atoms with Crippen LogP contribution in [-0.2, 0) is 16.0 Å². The molecule has 43 heavy (non-hydrogen) atoms. The summed E-state index contributed by atoms with van der Waals surface area (Å²) in [7, 11) is 3.28. The molecule has 10 nitrogen and oxygen atoms in total. The van der Waals surface area contributed by atoms with E-state index in [0.29, 0.717) is 44.2 Å². The summed E-state index contributed by atoms with van der Waals surface area (Å²) in [5.41, 5.74) is 9.08. The van der Waals surface area contributed by atoms with Gasteiger partial charge in [-0.05, 0) is 60.7 Å². The maximum atomic E-state index is 14.1. The fourth-order valence-electron chi connectivity index (χ4n) is 6.54. The van der Waals surface area contributed by atoms with Crippen molar-refractivity contribution < 1.29 is 19.1 Å². The summed E-state index contributed by atoms with van der Waals surface area (Å²) in [6.07, 6.45) is 4.48. The highest BCUT2D eigenvalue weighted by Crippen LogP contribution is 2.44. The smallest absolute Gasteiger partial charge is 0.251 e. The number of aryl methyl sites for hydroxylation is 1. The number of methoxy groups -OCH3 is 2. The van der Waals surface area contributed by atoms with Crippen molar-refractivity contribution in [2.24, 2.45) is 5.41 Å². The lowest BCUT2D eigenvalue weighted by atomic mass is 9.74. The first kappa shape index (κ1) is 28.9. The van der Waals surface area contributed by atoms with Crippen LogP contribution in [0.2, 0.25) is 0 Å². The van der Waals surface area contributed by atoms with Crippen LogP contribution < -0.4 is 30.5 Å². The van der Waals surface area contributed by atoms with Gasteiger partial charge in [-0.25, -0.2) is 4.98 Å². The number of carbonyl (C=O) groups excluding carboxylic acids is 2. The molecule has 4 heterocycles. The molecule has 10 heteroatoms. The number of hydrogen-bond donors (Lipinski definition) is 3. The maximum Gasteiger partial charge on any atom is 0.251 e. The maximum absolute atomic E-state index is 14.1. The monoisotopic (exact) mass is 584 g/mol. The fourth-order valence-corrected chi connectivity index (χ4v) is 6.54. The quantitative estimate of drug-likeness (QED) is 0.352. The topological polar surface area (TPSA) is 108 Å². The molecule has 1 aromatic heterocycles. The van der Waals surface area contributed by atoms with Crippen molar-refractivity contribution in [3.8, 4) is 11.5 Å². The molecule has 3 N–H and O–H groups in total. The number of aromatic nitrogens is 1. The summed E-state index contributed by atoms with van der Waals surface area (Å²) < 4.78 is 10.7. The van der Waals surface area contributed by atoms with Crippen LogP contribution >= 0.6 is 0 Å². The summed E-state index contributed by atoms with van der Waals surface area (Å²) in [6.45, 7) is 3.50. The van der Waals surface area contributed by atoms with Crippen LogP contribution in [0, 0.1) is 5.41 Å². The molecule has 3 aliphatic rings. The number of nitrogens with one attached hydrogen (secondary N) is 3. The van der Waals surface area contributed by atoms with E-state index in [2.05, 4.69) is 22.2 Å². The Kier molecular flexibility index (Phi) is 8.49. The van der Waals surface area contributed by atoms with Crippen molar-refractivity contribution in [3.05, 3.63) is 78.0 Å². The Bertz CT molecular complexity index is 1420. The molecule has 6 rings (SSSR count). The van der Waals surface area contributed by atoms with Gasteiger partial charge in [-0.3, -0.25) is 25.3 Å². The van der Waals surface area contributed by atoms with E-state index in [1.807, 2.05) is 70.6 Å². The molecule has 0 bridgehead atoms. The van der Waals surface area contributed by atoms with Gasteiger partial charge in [0.25, 0.3) is 5.91 Å². The van der Waals surface area contributed by atoms with Crippen LogP contribution in [0.1, 0.15) is 36.3 Å². The van der Waals surface area contributed by atoms with Crippen molar-refractivity contribution >= 4 is 23.3 Å². The predicted octanol–water partition coefficient (Wildman–Crippen LogP) is 3.36. The van der Waals surface area contributed by atoms with Crippen molar-refractivity contribution in [2.45, 2.75) is 37.6 Å². The van der Waals surface area contributed by atoms with Gasteiger partial charge < -0.3 is 19.7 Å². The van der Waals surface area contributed by atoms with E-state index < -0.39 is 6.04 Å². The van der Waals surface area contributed by atoms with Crippen LogP contribution in [0.4, 0.5) is 11.5 Å². The summed E-state index contributed by atoms with van der Waals surface area (Å²) in [4.78, 5) is 35.8. The molecule has 0 saturated carbocycles. The Morgan fingerprint density at radius 2 is 1.74 bits per heavy atom. The number of anilines is 2. The number of likely N-dealkylation sites (tertiary alicyclic amines) is 1. The Labute approximate surface area is 252 Å². The number of piperidine rings is 1. The van der Waals surface area contributed by atoms with Gasteiger partial charge >= 0.3 is 0 Å². The Morgan fingerprint density at radius 1 is 1.00 bits per heavy atom. The molecule has 1 atom stereocenters. The highest BCUT2D eigenvalue weighted by molar-refractivity contribution is 6.01. The first-order valence-corrected chi connectivity index (χ1v) is 15.0. The number of pyridine rings is 1. The molecular weight excluding hydrogens is 544 g/mol. The Hall–Kier alpha value is -4.15. The minimum Gasteiger partial charge on any atom is -0.497 e. The Balaban J connectivity index is 1.17. The lowest BCUT2D eigenvalue weighted by Crippen LogP contribution is -2.50. The molecule has 0 radical (unpaired) electrons. The molecular formula is C33H40N6O4. The third-order valence-electron chi connectivity index (χ3n) is 9.22. The number of ether oxygens (including phenoxy) is 2. The van der Waals surface area contributed by atoms with Gasteiger partial charge in [0.1, 0.15) is 23.4 Å². The lowest BCUT2D eigenvalue weighted by molar-refractivity contribution is -0.133. The van der Waals surface area contributed by atoms with E-state index in [1.54, 1.807) is 14.2 Å². The molecule has 2 amide bonds. The molecule has 3 aromatic rings. The number of hydrogen-bond acceptors (Lipinski definition) is 8. The highest BCUT2D eigenvalue weighted by atomic mass is 16.5. The van der Waals surface area contributed by atoms with Crippen molar-refractivity contribution in [3.63, 3.8) is 0 Å². The minimum absolute atomic E-state index is 0.00607. The van der Waals surface area contributed by atoms with E-state index in [-0.39, 0.29) is 17.2 Å². The van der Waals surface area contributed by atoms with Gasteiger partial charge in [-0.2, -0.15) is 0 Å². The van der Waals surface area contributed by atoms with E-state index in [4.69, 9.17) is 14.5 Å². The zero-order chi connectivity index (χ0) is 29.8. The first-order chi connectivity index (χ1) is 21.0. The second kappa shape index (κ2) is 12.6. The second-order valence-corrected chi connectivity index (χ2v) is 11.7. The zero-order valence-corrected chi connectivity index (χ0v) is 24.8. The number of hydrazine groups is 1. The first-order valence-electron chi connectivity index (χ1n) is 15.0. The van der Waals surface area contributed by atoms with Gasteiger partial charge in [0, 0.05) is 68.4 Å². The van der Waals surface area contributed by atoms with Gasteiger partial charge in [-0.1, -0.05) is 24.3 Å². The number of amides is 2. The van der Waals surface area contributed by atoms with Crippen LogP contribution in [-0.4, -0.2) is 74.7 Å². The van der Waals surface area contributed by atoms with Crippen molar-refractivity contribution in [1.82, 2.24) is 20.7 Å². The fraction of sp³-hybridized carbons (Fsp3) is 0.424. The summed E-state index contributed by atoms with van der Waals surface area (Å²) in [6, 6.07) is 19.1. The average molecular weight is 585 g/mol. The minimum atomic E-state index is -0.444. The Morgan fingerprint density at radius 3 is 2.42 bits per heavy atom.